The molecule has 1 fully saturated rings. The standard InChI is InChI=1S/C14H19NO3/c1-11-2-4-12(5-3-11)15-8-9-18-13(10-15)6-7-14(16)17/h2-5,13H,6-10H2,1H3,(H,16,17). The molecule has 1 unspecified atom stereocenters. The summed E-state index contributed by atoms with van der Waals surface area (Å²) in [6.45, 7) is 4.37. The van der Waals surface area contributed by atoms with E-state index in [-0.39, 0.29) is 12.5 Å². The van der Waals surface area contributed by atoms with Crippen LogP contribution in [-0.2, 0) is 9.53 Å². The SMILES string of the molecule is Cc1ccc(N2CCOC(CCC(=O)O)C2)cc1. The first-order valence-corrected chi connectivity index (χ1v) is 6.30. The Hall–Kier alpha value is -1.55. The third-order valence-corrected chi connectivity index (χ3v) is 3.22. The maximum atomic E-state index is 10.6. The van der Waals surface area contributed by atoms with E-state index < -0.39 is 5.97 Å². The van der Waals surface area contributed by atoms with E-state index in [0.717, 1.165) is 13.1 Å². The number of carbonyl (C=O) groups is 1. The van der Waals surface area contributed by atoms with Gasteiger partial charge in [-0.15, -0.1) is 0 Å². The number of anilines is 1. The van der Waals surface area contributed by atoms with Crippen LogP contribution in [-0.4, -0.2) is 36.9 Å². The summed E-state index contributed by atoms with van der Waals surface area (Å²) in [7, 11) is 0. The Morgan fingerprint density at radius 2 is 2.17 bits per heavy atom. The summed E-state index contributed by atoms with van der Waals surface area (Å²) in [6, 6.07) is 8.40. The number of hydrogen-bond acceptors (Lipinski definition) is 3. The van der Waals surface area contributed by atoms with Gasteiger partial charge in [-0.05, 0) is 25.5 Å². The summed E-state index contributed by atoms with van der Waals surface area (Å²) >= 11 is 0. The zero-order valence-electron chi connectivity index (χ0n) is 10.6. The van der Waals surface area contributed by atoms with E-state index in [4.69, 9.17) is 9.84 Å². The number of rotatable bonds is 4. The molecule has 18 heavy (non-hydrogen) atoms. The Morgan fingerprint density at radius 1 is 1.44 bits per heavy atom. The molecule has 0 saturated carbocycles. The summed E-state index contributed by atoms with van der Waals surface area (Å²) in [5.74, 6) is -0.758. The minimum Gasteiger partial charge on any atom is -0.481 e. The summed E-state index contributed by atoms with van der Waals surface area (Å²) in [4.78, 5) is 12.8. The lowest BCUT2D eigenvalue weighted by Gasteiger charge is -2.34. The summed E-state index contributed by atoms with van der Waals surface area (Å²) in [5, 5.41) is 8.69. The molecule has 1 aromatic rings. The van der Waals surface area contributed by atoms with Crippen LogP contribution in [0.3, 0.4) is 0 Å². The van der Waals surface area contributed by atoms with Gasteiger partial charge in [-0.3, -0.25) is 4.79 Å². The van der Waals surface area contributed by atoms with Gasteiger partial charge in [0, 0.05) is 25.2 Å². The van der Waals surface area contributed by atoms with Crippen LogP contribution in [0, 0.1) is 6.92 Å². The van der Waals surface area contributed by atoms with Crippen molar-refractivity contribution in [1.29, 1.82) is 0 Å². The van der Waals surface area contributed by atoms with Crippen molar-refractivity contribution in [2.24, 2.45) is 0 Å². The molecule has 0 radical (unpaired) electrons. The smallest absolute Gasteiger partial charge is 0.303 e. The molecule has 1 aliphatic rings. The molecule has 0 amide bonds. The number of aliphatic carboxylic acids is 1. The molecule has 1 heterocycles. The van der Waals surface area contributed by atoms with Crippen molar-refractivity contribution in [3.63, 3.8) is 0 Å². The van der Waals surface area contributed by atoms with E-state index in [1.165, 1.54) is 11.3 Å². The Balaban J connectivity index is 1.93. The average Bonchev–Trinajstić information content (AvgIpc) is 2.37. The predicted molar refractivity (Wildman–Crippen MR) is 70.0 cm³/mol. The number of carboxylic acids is 1. The molecule has 2 rings (SSSR count). The van der Waals surface area contributed by atoms with Crippen molar-refractivity contribution in [1.82, 2.24) is 0 Å². The highest BCUT2D eigenvalue weighted by atomic mass is 16.5. The predicted octanol–water partition coefficient (Wildman–Crippen LogP) is 2.07. The summed E-state index contributed by atoms with van der Waals surface area (Å²) in [6.07, 6.45) is 0.778. The van der Waals surface area contributed by atoms with Crippen LogP contribution in [0.25, 0.3) is 0 Å². The van der Waals surface area contributed by atoms with Gasteiger partial charge >= 0.3 is 5.97 Å². The van der Waals surface area contributed by atoms with Crippen LogP contribution in [0.2, 0.25) is 0 Å². The van der Waals surface area contributed by atoms with Crippen molar-refractivity contribution < 1.29 is 14.6 Å². The summed E-state index contributed by atoms with van der Waals surface area (Å²) in [5.41, 5.74) is 2.43. The van der Waals surface area contributed by atoms with Gasteiger partial charge in [0.2, 0.25) is 0 Å². The van der Waals surface area contributed by atoms with E-state index in [9.17, 15) is 4.79 Å². The van der Waals surface area contributed by atoms with Crippen molar-refractivity contribution >= 4 is 11.7 Å². The van der Waals surface area contributed by atoms with Gasteiger partial charge < -0.3 is 14.7 Å². The molecule has 1 aliphatic heterocycles. The van der Waals surface area contributed by atoms with Crippen LogP contribution in [0.4, 0.5) is 5.69 Å². The molecule has 0 aliphatic carbocycles. The third-order valence-electron chi connectivity index (χ3n) is 3.22. The van der Waals surface area contributed by atoms with Gasteiger partial charge in [0.15, 0.2) is 0 Å². The Labute approximate surface area is 107 Å². The first-order valence-electron chi connectivity index (χ1n) is 6.30. The molecule has 4 nitrogen and oxygen atoms in total. The van der Waals surface area contributed by atoms with Crippen LogP contribution in [0.1, 0.15) is 18.4 Å². The molecule has 4 heteroatoms. The van der Waals surface area contributed by atoms with Gasteiger partial charge in [0.25, 0.3) is 0 Å². The highest BCUT2D eigenvalue weighted by Crippen LogP contribution is 2.19. The van der Waals surface area contributed by atoms with Crippen molar-refractivity contribution in [3.05, 3.63) is 29.8 Å². The topological polar surface area (TPSA) is 49.8 Å². The monoisotopic (exact) mass is 249 g/mol. The highest BCUT2D eigenvalue weighted by Gasteiger charge is 2.21. The zero-order valence-corrected chi connectivity index (χ0v) is 10.6. The second-order valence-electron chi connectivity index (χ2n) is 4.71. The zero-order chi connectivity index (χ0) is 13.0. The van der Waals surface area contributed by atoms with Gasteiger partial charge in [-0.25, -0.2) is 0 Å². The van der Waals surface area contributed by atoms with E-state index in [1.807, 2.05) is 0 Å². The second kappa shape index (κ2) is 5.87. The lowest BCUT2D eigenvalue weighted by atomic mass is 10.1. The van der Waals surface area contributed by atoms with Crippen molar-refractivity contribution in [2.75, 3.05) is 24.6 Å². The summed E-state index contributed by atoms with van der Waals surface area (Å²) < 4.78 is 5.60. The third kappa shape index (κ3) is 3.47. The number of aryl methyl sites for hydroxylation is 1. The number of hydrogen-bond donors (Lipinski definition) is 1. The van der Waals surface area contributed by atoms with Gasteiger partial charge in [-0.2, -0.15) is 0 Å². The lowest BCUT2D eigenvalue weighted by Crippen LogP contribution is -2.42. The molecule has 98 valence electrons. The molecule has 1 aromatic carbocycles. The fraction of sp³-hybridized carbons (Fsp3) is 0.500. The lowest BCUT2D eigenvalue weighted by molar-refractivity contribution is -0.137. The normalized spacial score (nSPS) is 19.8. The first kappa shape index (κ1) is 12.9. The number of carboxylic acid groups (broad SMARTS) is 1. The van der Waals surface area contributed by atoms with Gasteiger partial charge in [0.05, 0.1) is 12.7 Å². The molecular formula is C14H19NO3. The Morgan fingerprint density at radius 3 is 2.83 bits per heavy atom. The number of nitrogens with zero attached hydrogens (tertiary/aromatic N) is 1. The van der Waals surface area contributed by atoms with E-state index in [2.05, 4.69) is 36.1 Å². The maximum Gasteiger partial charge on any atom is 0.303 e. The van der Waals surface area contributed by atoms with Crippen LogP contribution in [0.15, 0.2) is 24.3 Å². The van der Waals surface area contributed by atoms with E-state index >= 15 is 0 Å². The molecular weight excluding hydrogens is 230 g/mol. The molecule has 1 saturated heterocycles. The number of benzene rings is 1. The first-order chi connectivity index (χ1) is 8.65. The number of morpholine rings is 1. The quantitative estimate of drug-likeness (QED) is 0.887. The highest BCUT2D eigenvalue weighted by molar-refractivity contribution is 5.66. The molecule has 1 atom stereocenters. The van der Waals surface area contributed by atoms with Crippen LogP contribution in [0.5, 0.6) is 0 Å². The van der Waals surface area contributed by atoms with Crippen LogP contribution >= 0.6 is 0 Å². The van der Waals surface area contributed by atoms with Gasteiger partial charge in [0.1, 0.15) is 0 Å². The van der Waals surface area contributed by atoms with Gasteiger partial charge in [-0.1, -0.05) is 17.7 Å². The minimum absolute atomic E-state index is 0.0242. The Kier molecular flexibility index (Phi) is 4.20. The average molecular weight is 249 g/mol. The second-order valence-corrected chi connectivity index (χ2v) is 4.71. The van der Waals surface area contributed by atoms with E-state index in [1.54, 1.807) is 0 Å². The number of ether oxygens (including phenoxy) is 1. The molecule has 0 spiro atoms. The minimum atomic E-state index is -0.758. The molecule has 0 aromatic heterocycles. The molecule has 1 N–H and O–H groups in total. The maximum absolute atomic E-state index is 10.6. The van der Waals surface area contributed by atoms with Crippen molar-refractivity contribution in [3.8, 4) is 0 Å². The van der Waals surface area contributed by atoms with Crippen molar-refractivity contribution in [2.45, 2.75) is 25.9 Å². The molecule has 0 bridgehead atoms. The largest absolute Gasteiger partial charge is 0.481 e. The fourth-order valence-electron chi connectivity index (χ4n) is 2.17. The van der Waals surface area contributed by atoms with Crippen LogP contribution < -0.4 is 4.90 Å². The Bertz CT molecular complexity index is 402. The van der Waals surface area contributed by atoms with E-state index in [0.29, 0.717) is 13.0 Å². The fourth-order valence-corrected chi connectivity index (χ4v) is 2.17.